The number of carbonyl (C=O) groups is 1. The van der Waals surface area contributed by atoms with E-state index in [1.54, 1.807) is 9.47 Å². The summed E-state index contributed by atoms with van der Waals surface area (Å²) in [6, 6.07) is 6.15. The van der Waals surface area contributed by atoms with Crippen molar-refractivity contribution in [2.75, 3.05) is 31.1 Å². The molecule has 28 heavy (non-hydrogen) atoms. The Hall–Kier alpha value is -1.77. The summed E-state index contributed by atoms with van der Waals surface area (Å²) in [4.78, 5) is 29.0. The van der Waals surface area contributed by atoms with Crippen LogP contribution < -0.4 is 10.5 Å². The van der Waals surface area contributed by atoms with Gasteiger partial charge in [-0.1, -0.05) is 0 Å². The van der Waals surface area contributed by atoms with Gasteiger partial charge in [-0.25, -0.2) is 4.79 Å². The number of pyridine rings is 1. The van der Waals surface area contributed by atoms with Crippen LogP contribution in [0.1, 0.15) is 40.7 Å². The fourth-order valence-electron chi connectivity index (χ4n) is 3.36. The van der Waals surface area contributed by atoms with Crippen LogP contribution in [0.2, 0.25) is 0 Å². The fourth-order valence-corrected chi connectivity index (χ4v) is 4.11. The van der Waals surface area contributed by atoms with Gasteiger partial charge in [0.1, 0.15) is 5.60 Å². The molecule has 0 radical (unpaired) electrons. The van der Waals surface area contributed by atoms with E-state index in [2.05, 4.69) is 33.6 Å². The number of amides is 1. The molecule has 0 saturated carbocycles. The second-order valence-electron chi connectivity index (χ2n) is 8.47. The minimum atomic E-state index is -0.480. The number of hydrogen-bond donors (Lipinski definition) is 0. The molecule has 1 aliphatic heterocycles. The topological polar surface area (TPSA) is 54.8 Å². The molecule has 0 aliphatic carbocycles. The Balaban J connectivity index is 1.79. The van der Waals surface area contributed by atoms with Gasteiger partial charge in [0, 0.05) is 58.4 Å². The van der Waals surface area contributed by atoms with Crippen molar-refractivity contribution >= 4 is 45.1 Å². The number of piperazine rings is 1. The molecule has 1 saturated heterocycles. The smallest absolute Gasteiger partial charge is 0.410 e. The van der Waals surface area contributed by atoms with Crippen LogP contribution >= 0.6 is 22.6 Å². The largest absolute Gasteiger partial charge is 0.444 e. The molecular formula is C21H28IN3O3. The number of rotatable bonds is 2. The molecule has 1 aliphatic rings. The van der Waals surface area contributed by atoms with E-state index in [0.717, 1.165) is 33.1 Å². The van der Waals surface area contributed by atoms with Crippen LogP contribution in [0.25, 0.3) is 10.8 Å². The summed E-state index contributed by atoms with van der Waals surface area (Å²) in [5.74, 6) is 0. The van der Waals surface area contributed by atoms with Crippen LogP contribution in [0, 0.1) is 3.57 Å². The number of benzene rings is 1. The molecule has 7 heteroatoms. The number of halogens is 1. The minimum absolute atomic E-state index is 0.0479. The lowest BCUT2D eigenvalue weighted by Gasteiger charge is -2.36. The van der Waals surface area contributed by atoms with Crippen molar-refractivity contribution in [1.82, 2.24) is 9.47 Å². The Labute approximate surface area is 179 Å². The third kappa shape index (κ3) is 4.45. The summed E-state index contributed by atoms with van der Waals surface area (Å²) in [5.41, 5.74) is 0.647. The first-order valence-electron chi connectivity index (χ1n) is 9.64. The minimum Gasteiger partial charge on any atom is -0.444 e. The number of fused-ring (bicyclic) bond motifs is 1. The lowest BCUT2D eigenvalue weighted by atomic mass is 10.1. The van der Waals surface area contributed by atoms with Gasteiger partial charge in [-0.3, -0.25) is 4.79 Å². The van der Waals surface area contributed by atoms with Crippen LogP contribution in [-0.2, 0) is 4.74 Å². The number of ether oxygens (including phenoxy) is 1. The Morgan fingerprint density at radius 3 is 2.32 bits per heavy atom. The van der Waals surface area contributed by atoms with E-state index in [0.29, 0.717) is 13.1 Å². The van der Waals surface area contributed by atoms with Gasteiger partial charge < -0.3 is 19.1 Å². The second-order valence-corrected chi connectivity index (χ2v) is 9.63. The molecule has 0 atom stereocenters. The first kappa shape index (κ1) is 21.0. The molecule has 0 spiro atoms. The van der Waals surface area contributed by atoms with Gasteiger partial charge in [-0.2, -0.15) is 0 Å². The maximum absolute atomic E-state index is 12.7. The molecule has 6 nitrogen and oxygen atoms in total. The molecule has 0 N–H and O–H groups in total. The molecule has 1 aromatic carbocycles. The summed E-state index contributed by atoms with van der Waals surface area (Å²) in [5, 5.41) is 1.73. The highest BCUT2D eigenvalue weighted by molar-refractivity contribution is 14.1. The molecule has 1 fully saturated rings. The second kappa shape index (κ2) is 7.93. The number of hydrogen-bond acceptors (Lipinski definition) is 4. The van der Waals surface area contributed by atoms with Crippen LogP contribution in [0.15, 0.2) is 29.2 Å². The first-order chi connectivity index (χ1) is 13.1. The zero-order valence-corrected chi connectivity index (χ0v) is 19.3. The van der Waals surface area contributed by atoms with Gasteiger partial charge >= 0.3 is 6.09 Å². The zero-order chi connectivity index (χ0) is 20.6. The van der Waals surface area contributed by atoms with Gasteiger partial charge in [-0.15, -0.1) is 0 Å². The molecule has 0 bridgehead atoms. The van der Waals surface area contributed by atoms with Crippen molar-refractivity contribution in [3.63, 3.8) is 0 Å². The molecular weight excluding hydrogens is 469 g/mol. The Morgan fingerprint density at radius 2 is 1.75 bits per heavy atom. The monoisotopic (exact) mass is 497 g/mol. The van der Waals surface area contributed by atoms with Gasteiger partial charge in [0.2, 0.25) is 0 Å². The molecule has 0 unspecified atom stereocenters. The molecule has 2 heterocycles. The van der Waals surface area contributed by atoms with E-state index in [1.165, 1.54) is 0 Å². The number of aromatic nitrogens is 1. The third-order valence-electron chi connectivity index (χ3n) is 4.83. The number of carbonyl (C=O) groups excluding carboxylic acids is 1. The van der Waals surface area contributed by atoms with Crippen molar-refractivity contribution < 1.29 is 9.53 Å². The molecule has 152 valence electrons. The van der Waals surface area contributed by atoms with E-state index < -0.39 is 5.60 Å². The Bertz CT molecular complexity index is 938. The highest BCUT2D eigenvalue weighted by Gasteiger charge is 2.26. The first-order valence-corrected chi connectivity index (χ1v) is 10.7. The van der Waals surface area contributed by atoms with E-state index >= 15 is 0 Å². The van der Waals surface area contributed by atoms with E-state index in [-0.39, 0.29) is 17.7 Å². The quantitative estimate of drug-likeness (QED) is 0.583. The van der Waals surface area contributed by atoms with Gasteiger partial charge in [-0.05, 0) is 75.4 Å². The summed E-state index contributed by atoms with van der Waals surface area (Å²) in [6.45, 7) is 12.4. The van der Waals surface area contributed by atoms with Crippen LogP contribution in [0.5, 0.6) is 0 Å². The van der Waals surface area contributed by atoms with Crippen LogP contribution in [0.3, 0.4) is 0 Å². The fraction of sp³-hybridized carbons (Fsp3) is 0.524. The van der Waals surface area contributed by atoms with Gasteiger partial charge in [0.25, 0.3) is 5.56 Å². The van der Waals surface area contributed by atoms with E-state index in [1.807, 2.05) is 52.9 Å². The molecule has 2 aromatic rings. The maximum Gasteiger partial charge on any atom is 0.410 e. The predicted molar refractivity (Wildman–Crippen MR) is 121 cm³/mol. The van der Waals surface area contributed by atoms with Crippen molar-refractivity contribution in [2.45, 2.75) is 46.3 Å². The Kier molecular flexibility index (Phi) is 5.93. The summed E-state index contributed by atoms with van der Waals surface area (Å²) in [7, 11) is 0. The van der Waals surface area contributed by atoms with Crippen molar-refractivity contribution in [1.29, 1.82) is 0 Å². The highest BCUT2D eigenvalue weighted by atomic mass is 127. The Morgan fingerprint density at radius 1 is 1.11 bits per heavy atom. The molecule has 1 aromatic heterocycles. The van der Waals surface area contributed by atoms with E-state index in [9.17, 15) is 9.59 Å². The van der Waals surface area contributed by atoms with Crippen LogP contribution in [0.4, 0.5) is 10.5 Å². The van der Waals surface area contributed by atoms with Gasteiger partial charge in [0.05, 0.1) is 0 Å². The zero-order valence-electron chi connectivity index (χ0n) is 17.2. The van der Waals surface area contributed by atoms with E-state index in [4.69, 9.17) is 4.74 Å². The normalized spacial score (nSPS) is 15.4. The summed E-state index contributed by atoms with van der Waals surface area (Å²) < 4.78 is 8.31. The molecule has 3 rings (SSSR count). The van der Waals surface area contributed by atoms with Gasteiger partial charge in [0.15, 0.2) is 0 Å². The summed E-state index contributed by atoms with van der Waals surface area (Å²) in [6.07, 6.45) is 1.68. The number of nitrogens with zero attached hydrogens (tertiary/aromatic N) is 3. The van der Waals surface area contributed by atoms with Crippen LogP contribution in [-0.4, -0.2) is 47.3 Å². The van der Waals surface area contributed by atoms with Crippen molar-refractivity contribution in [3.05, 3.63) is 38.3 Å². The maximum atomic E-state index is 12.7. The average molecular weight is 497 g/mol. The van der Waals surface area contributed by atoms with Crippen molar-refractivity contribution in [2.24, 2.45) is 0 Å². The van der Waals surface area contributed by atoms with Crippen molar-refractivity contribution in [3.8, 4) is 0 Å². The highest BCUT2D eigenvalue weighted by Crippen LogP contribution is 2.26. The summed E-state index contributed by atoms with van der Waals surface area (Å²) >= 11 is 2.30. The third-order valence-corrected chi connectivity index (χ3v) is 5.69. The molecule has 1 amide bonds. The lowest BCUT2D eigenvalue weighted by molar-refractivity contribution is 0.0240. The lowest BCUT2D eigenvalue weighted by Crippen LogP contribution is -2.50. The standard InChI is InChI=1S/C21H28IN3O3/c1-14(2)25-13-18(22)17-12-15(6-7-16(17)19(25)26)23-8-10-24(11-9-23)20(27)28-21(3,4)5/h6-7,12-14H,8-11H2,1-5H3. The number of anilines is 1. The SMILES string of the molecule is CC(C)n1cc(I)c2cc(N3CCN(C(=O)OC(C)(C)C)CC3)ccc2c1=O. The average Bonchev–Trinajstić information content (AvgIpc) is 2.63. The predicted octanol–water partition coefficient (Wildman–Crippen LogP) is 4.24.